The molecule has 4 N–H and O–H groups in total. The van der Waals surface area contributed by atoms with Crippen molar-refractivity contribution in [2.45, 2.75) is 31.7 Å². The molecule has 0 aliphatic carbocycles. The lowest BCUT2D eigenvalue weighted by molar-refractivity contribution is -0.123. The molecule has 9 nitrogen and oxygen atoms in total. The minimum Gasteiger partial charge on any atom is -0.375 e. The molecule has 0 aromatic heterocycles. The highest BCUT2D eigenvalue weighted by Crippen LogP contribution is 2.29. The maximum Gasteiger partial charge on any atom is 0.332 e. The van der Waals surface area contributed by atoms with Crippen LogP contribution in [0.3, 0.4) is 0 Å². The Morgan fingerprint density at radius 1 is 1.10 bits per heavy atom. The summed E-state index contributed by atoms with van der Waals surface area (Å²) in [5.74, 6) is -0.840. The second-order valence-corrected chi connectivity index (χ2v) is 7.49. The molecule has 1 saturated heterocycles. The number of carbonyl (C=O) groups is 3. The van der Waals surface area contributed by atoms with Gasteiger partial charge in [0.2, 0.25) is 5.91 Å². The van der Waals surface area contributed by atoms with Crippen LogP contribution in [0, 0.1) is 0 Å². The number of carbonyl (C=O) groups excluding carboxylic acids is 3. The minimum absolute atomic E-state index is 0.0401. The molecule has 2 aromatic carbocycles. The molecule has 3 rings (SSSR count). The number of hydroxylamine groups is 1. The van der Waals surface area contributed by atoms with E-state index < -0.39 is 30.1 Å². The molecule has 0 spiro atoms. The summed E-state index contributed by atoms with van der Waals surface area (Å²) in [6.07, 6.45) is -1.23. The molecular formula is C21H23ClN4O5. The zero-order chi connectivity index (χ0) is 22.4. The average Bonchev–Trinajstić information content (AvgIpc) is 3.01. The number of urea groups is 1. The topological polar surface area (TPSA) is 122 Å². The third-order valence-corrected chi connectivity index (χ3v) is 5.14. The Bertz CT molecular complexity index is 925. The Morgan fingerprint density at radius 2 is 1.77 bits per heavy atom. The van der Waals surface area contributed by atoms with Crippen LogP contribution in [-0.2, 0) is 16.1 Å². The molecule has 4 amide bonds. The SMILES string of the molecule is O=C(CCC1C(=O)N(c2ccc(Cl)cc2)C(=O)N1Cc1ccccc1)NCC(O)NO. The monoisotopic (exact) mass is 446 g/mol. The fourth-order valence-electron chi connectivity index (χ4n) is 3.32. The van der Waals surface area contributed by atoms with E-state index in [0.29, 0.717) is 10.7 Å². The summed E-state index contributed by atoms with van der Waals surface area (Å²) in [5, 5.41) is 20.8. The summed E-state index contributed by atoms with van der Waals surface area (Å²) in [6.45, 7) is 0.0203. The molecule has 164 valence electrons. The second kappa shape index (κ2) is 10.4. The smallest absolute Gasteiger partial charge is 0.332 e. The summed E-state index contributed by atoms with van der Waals surface area (Å²) in [4.78, 5) is 40.9. The fourth-order valence-corrected chi connectivity index (χ4v) is 3.44. The van der Waals surface area contributed by atoms with Crippen molar-refractivity contribution in [3.63, 3.8) is 0 Å². The highest BCUT2D eigenvalue weighted by atomic mass is 35.5. The number of anilines is 1. The Kier molecular flexibility index (Phi) is 7.59. The first kappa shape index (κ1) is 22.7. The number of rotatable bonds is 9. The number of benzene rings is 2. The van der Waals surface area contributed by atoms with Gasteiger partial charge in [-0.2, -0.15) is 5.48 Å². The Labute approximate surface area is 184 Å². The molecule has 10 heteroatoms. The molecule has 0 bridgehead atoms. The molecular weight excluding hydrogens is 424 g/mol. The largest absolute Gasteiger partial charge is 0.375 e. The summed E-state index contributed by atoms with van der Waals surface area (Å²) < 4.78 is 0. The number of nitrogens with zero attached hydrogens (tertiary/aromatic N) is 2. The number of aliphatic hydroxyl groups excluding tert-OH is 1. The van der Waals surface area contributed by atoms with Crippen molar-refractivity contribution in [1.82, 2.24) is 15.7 Å². The number of hydrogen-bond donors (Lipinski definition) is 4. The van der Waals surface area contributed by atoms with Gasteiger partial charge in [0.15, 0.2) is 0 Å². The molecule has 2 unspecified atom stereocenters. The van der Waals surface area contributed by atoms with Crippen molar-refractivity contribution in [2.24, 2.45) is 0 Å². The van der Waals surface area contributed by atoms with Crippen molar-refractivity contribution in [3.05, 3.63) is 65.2 Å². The maximum absolute atomic E-state index is 13.1. The number of hydrogen-bond acceptors (Lipinski definition) is 6. The van der Waals surface area contributed by atoms with Gasteiger partial charge in [0.05, 0.1) is 12.2 Å². The van der Waals surface area contributed by atoms with Gasteiger partial charge < -0.3 is 20.5 Å². The van der Waals surface area contributed by atoms with Crippen molar-refractivity contribution in [2.75, 3.05) is 11.4 Å². The fraction of sp³-hybridized carbons (Fsp3) is 0.286. The van der Waals surface area contributed by atoms with Crippen molar-refractivity contribution >= 4 is 35.1 Å². The highest BCUT2D eigenvalue weighted by molar-refractivity contribution is 6.30. The van der Waals surface area contributed by atoms with Gasteiger partial charge in [-0.3, -0.25) is 9.59 Å². The second-order valence-electron chi connectivity index (χ2n) is 7.05. The van der Waals surface area contributed by atoms with E-state index in [2.05, 4.69) is 5.32 Å². The zero-order valence-corrected chi connectivity index (χ0v) is 17.3. The molecule has 2 atom stereocenters. The van der Waals surface area contributed by atoms with Gasteiger partial charge in [-0.15, -0.1) is 0 Å². The van der Waals surface area contributed by atoms with Crippen LogP contribution in [0.1, 0.15) is 18.4 Å². The average molecular weight is 447 g/mol. The first-order valence-electron chi connectivity index (χ1n) is 9.69. The van der Waals surface area contributed by atoms with E-state index in [1.807, 2.05) is 30.3 Å². The molecule has 2 aromatic rings. The molecule has 1 aliphatic rings. The minimum atomic E-state index is -1.30. The molecule has 1 aliphatic heterocycles. The number of amides is 4. The Balaban J connectivity index is 1.77. The first-order valence-corrected chi connectivity index (χ1v) is 10.1. The van der Waals surface area contributed by atoms with Gasteiger partial charge in [0.25, 0.3) is 5.91 Å². The van der Waals surface area contributed by atoms with E-state index in [1.54, 1.807) is 29.7 Å². The Hall–Kier alpha value is -2.98. The normalized spacial score (nSPS) is 17.2. The van der Waals surface area contributed by atoms with Crippen molar-refractivity contribution in [3.8, 4) is 0 Å². The van der Waals surface area contributed by atoms with Crippen LogP contribution in [0.25, 0.3) is 0 Å². The predicted molar refractivity (Wildman–Crippen MR) is 113 cm³/mol. The number of aliphatic hydroxyl groups is 1. The van der Waals surface area contributed by atoms with Crippen LogP contribution in [0.2, 0.25) is 5.02 Å². The van der Waals surface area contributed by atoms with Gasteiger partial charge >= 0.3 is 6.03 Å². The lowest BCUT2D eigenvalue weighted by atomic mass is 10.1. The third kappa shape index (κ3) is 5.59. The van der Waals surface area contributed by atoms with Gasteiger partial charge in [0.1, 0.15) is 12.3 Å². The van der Waals surface area contributed by atoms with Crippen molar-refractivity contribution < 1.29 is 24.7 Å². The standard InChI is InChI=1S/C21H23ClN4O5/c22-15-6-8-16(9-7-15)26-20(29)17(10-11-18(27)23-12-19(28)24-31)25(21(26)30)13-14-4-2-1-3-5-14/h1-9,17,19,24,28,31H,10-13H2,(H,23,27). The number of imide groups is 1. The highest BCUT2D eigenvalue weighted by Gasteiger charge is 2.45. The molecule has 0 saturated carbocycles. The van der Waals surface area contributed by atoms with Crippen LogP contribution < -0.4 is 15.7 Å². The van der Waals surface area contributed by atoms with E-state index in [9.17, 15) is 19.5 Å². The summed E-state index contributed by atoms with van der Waals surface area (Å²) in [6, 6.07) is 14.4. The lowest BCUT2D eigenvalue weighted by Crippen LogP contribution is -2.40. The van der Waals surface area contributed by atoms with Crippen molar-refractivity contribution in [1.29, 1.82) is 0 Å². The molecule has 31 heavy (non-hydrogen) atoms. The summed E-state index contributed by atoms with van der Waals surface area (Å²) in [5.41, 5.74) is 2.87. The van der Waals surface area contributed by atoms with Gasteiger partial charge in [-0.25, -0.2) is 9.69 Å². The summed E-state index contributed by atoms with van der Waals surface area (Å²) >= 11 is 5.92. The van der Waals surface area contributed by atoms with E-state index in [-0.39, 0.29) is 25.9 Å². The van der Waals surface area contributed by atoms with E-state index >= 15 is 0 Å². The zero-order valence-electron chi connectivity index (χ0n) is 16.6. The van der Waals surface area contributed by atoms with Crippen LogP contribution in [0.15, 0.2) is 54.6 Å². The van der Waals surface area contributed by atoms with Gasteiger partial charge in [-0.05, 0) is 36.2 Å². The van der Waals surface area contributed by atoms with Crippen LogP contribution in [0.5, 0.6) is 0 Å². The number of halogens is 1. The van der Waals surface area contributed by atoms with Crippen LogP contribution in [0.4, 0.5) is 10.5 Å². The first-order chi connectivity index (χ1) is 14.9. The summed E-state index contributed by atoms with van der Waals surface area (Å²) in [7, 11) is 0. The van der Waals surface area contributed by atoms with E-state index in [1.165, 1.54) is 4.90 Å². The van der Waals surface area contributed by atoms with E-state index in [4.69, 9.17) is 16.8 Å². The predicted octanol–water partition coefficient (Wildman–Crippen LogP) is 1.87. The van der Waals surface area contributed by atoms with Crippen LogP contribution in [-0.4, -0.2) is 51.9 Å². The molecule has 1 heterocycles. The molecule has 1 fully saturated rings. The number of nitrogens with one attached hydrogen (secondary N) is 2. The lowest BCUT2D eigenvalue weighted by Gasteiger charge is -2.22. The van der Waals surface area contributed by atoms with Gasteiger partial charge in [0, 0.05) is 18.0 Å². The third-order valence-electron chi connectivity index (χ3n) is 4.89. The quantitative estimate of drug-likeness (QED) is 0.265. The Morgan fingerprint density at radius 3 is 2.42 bits per heavy atom. The van der Waals surface area contributed by atoms with Gasteiger partial charge in [-0.1, -0.05) is 41.9 Å². The molecule has 0 radical (unpaired) electrons. The maximum atomic E-state index is 13.1. The van der Waals surface area contributed by atoms with E-state index in [0.717, 1.165) is 10.5 Å². The van der Waals surface area contributed by atoms with Crippen LogP contribution >= 0.6 is 11.6 Å².